The van der Waals surface area contributed by atoms with Gasteiger partial charge in [0.2, 0.25) is 0 Å². The van der Waals surface area contributed by atoms with Crippen LogP contribution >= 0.6 is 0 Å². The lowest BCUT2D eigenvalue weighted by atomic mass is 9.97. The number of amides is 1. The molecule has 0 radical (unpaired) electrons. The molecule has 0 fully saturated rings. The number of anilines is 2. The largest absolute Gasteiger partial charge is 0.485 e. The number of carbonyl (C=O) groups excluding carboxylic acids is 1. The number of rotatable bonds is 5. The smallest absolute Gasteiger partial charge is 0.275 e. The van der Waals surface area contributed by atoms with Crippen molar-refractivity contribution in [2.45, 2.75) is 25.2 Å². The average molecular weight is 445 g/mol. The van der Waals surface area contributed by atoms with E-state index in [4.69, 9.17) is 15.2 Å². The van der Waals surface area contributed by atoms with Crippen LogP contribution < -0.4 is 21.1 Å². The monoisotopic (exact) mass is 445 g/mol. The lowest BCUT2D eigenvalue weighted by Gasteiger charge is -2.20. The molecule has 2 aliphatic rings. The van der Waals surface area contributed by atoms with E-state index in [1.807, 2.05) is 31.2 Å². The zero-order valence-corrected chi connectivity index (χ0v) is 17.9. The zero-order chi connectivity index (χ0) is 23.0. The van der Waals surface area contributed by atoms with Gasteiger partial charge in [0.15, 0.2) is 6.23 Å². The highest BCUT2D eigenvalue weighted by molar-refractivity contribution is 6.05. The number of nitrogen functional groups attached to an aromatic ring is 1. The minimum Gasteiger partial charge on any atom is -0.485 e. The van der Waals surface area contributed by atoms with Crippen molar-refractivity contribution in [3.8, 4) is 16.9 Å². The first-order chi connectivity index (χ1) is 15.9. The fourth-order valence-corrected chi connectivity index (χ4v) is 3.97. The van der Waals surface area contributed by atoms with Crippen molar-refractivity contribution in [1.29, 1.82) is 0 Å². The number of aliphatic hydroxyl groups is 1. The summed E-state index contributed by atoms with van der Waals surface area (Å²) in [5, 5.41) is 15.8. The van der Waals surface area contributed by atoms with Gasteiger partial charge < -0.3 is 30.9 Å². The predicted molar refractivity (Wildman–Crippen MR) is 122 cm³/mol. The Bertz CT molecular complexity index is 1250. The first kappa shape index (κ1) is 20.8. The van der Waals surface area contributed by atoms with E-state index >= 15 is 0 Å². The summed E-state index contributed by atoms with van der Waals surface area (Å²) in [4.78, 5) is 21.1. The Balaban J connectivity index is 1.41. The van der Waals surface area contributed by atoms with Crippen LogP contribution in [0.5, 0.6) is 5.75 Å². The molecule has 0 saturated carbocycles. The van der Waals surface area contributed by atoms with Crippen LogP contribution in [0.4, 0.5) is 11.5 Å². The van der Waals surface area contributed by atoms with Crippen LogP contribution in [0.3, 0.4) is 0 Å². The number of aromatic nitrogens is 2. The van der Waals surface area contributed by atoms with E-state index in [9.17, 15) is 9.90 Å². The Morgan fingerprint density at radius 1 is 1.27 bits per heavy atom. The van der Waals surface area contributed by atoms with Crippen LogP contribution in [-0.2, 0) is 16.0 Å². The molecule has 9 heteroatoms. The molecule has 33 heavy (non-hydrogen) atoms. The topological polar surface area (TPSA) is 132 Å². The molecule has 0 aliphatic carbocycles. The van der Waals surface area contributed by atoms with E-state index in [0.717, 1.165) is 22.3 Å². The van der Waals surface area contributed by atoms with Crippen LogP contribution in [0.25, 0.3) is 11.1 Å². The normalized spacial score (nSPS) is 20.8. The van der Waals surface area contributed by atoms with Gasteiger partial charge in [-0.3, -0.25) is 9.78 Å². The van der Waals surface area contributed by atoms with Gasteiger partial charge in [-0.1, -0.05) is 0 Å². The van der Waals surface area contributed by atoms with Crippen LogP contribution in [0.1, 0.15) is 24.3 Å². The Hall–Kier alpha value is -4.11. The molecule has 9 nitrogen and oxygen atoms in total. The van der Waals surface area contributed by atoms with Gasteiger partial charge in [-0.2, -0.15) is 0 Å². The Morgan fingerprint density at radius 2 is 2.09 bits per heavy atom. The van der Waals surface area contributed by atoms with Crippen molar-refractivity contribution >= 4 is 17.4 Å². The summed E-state index contributed by atoms with van der Waals surface area (Å²) in [6, 6.07) is 10.9. The molecule has 0 spiro atoms. The highest BCUT2D eigenvalue weighted by Crippen LogP contribution is 2.42. The van der Waals surface area contributed by atoms with Gasteiger partial charge in [-0.25, -0.2) is 4.98 Å². The molecular formula is C24H23N5O4. The van der Waals surface area contributed by atoms with E-state index in [-0.39, 0.29) is 18.2 Å². The molecule has 3 aromatic rings. The second-order valence-corrected chi connectivity index (χ2v) is 8.29. The fraction of sp³-hybridized carbons (Fsp3) is 0.208. The number of hydrogen-bond donors (Lipinski definition) is 4. The Labute approximate surface area is 190 Å². The second-order valence-electron chi connectivity index (χ2n) is 8.29. The van der Waals surface area contributed by atoms with Crippen molar-refractivity contribution in [2.24, 2.45) is 0 Å². The third-order valence-electron chi connectivity index (χ3n) is 5.66. The summed E-state index contributed by atoms with van der Waals surface area (Å²) >= 11 is 0. The third-order valence-corrected chi connectivity index (χ3v) is 5.66. The molecule has 4 heterocycles. The van der Waals surface area contributed by atoms with Gasteiger partial charge in [-0.15, -0.1) is 0 Å². The number of fused-ring (bicyclic) bond motifs is 1. The van der Waals surface area contributed by atoms with Crippen molar-refractivity contribution in [3.05, 3.63) is 78.1 Å². The average Bonchev–Trinajstić information content (AvgIpc) is 3.44. The summed E-state index contributed by atoms with van der Waals surface area (Å²) in [6.07, 6.45) is 6.35. The number of nitrogens with zero attached hydrogens (tertiary/aromatic N) is 2. The highest BCUT2D eigenvalue weighted by Gasteiger charge is 2.35. The maximum atomic E-state index is 13.1. The van der Waals surface area contributed by atoms with Crippen molar-refractivity contribution in [1.82, 2.24) is 15.3 Å². The molecule has 0 saturated heterocycles. The minimum absolute atomic E-state index is 0.108. The molecule has 1 aromatic carbocycles. The Morgan fingerprint density at radius 3 is 2.85 bits per heavy atom. The van der Waals surface area contributed by atoms with Gasteiger partial charge in [0.05, 0.1) is 6.61 Å². The second kappa shape index (κ2) is 8.10. The number of hydrogen-bond acceptors (Lipinski definition) is 8. The number of carbonyl (C=O) groups is 1. The molecule has 5 rings (SSSR count). The summed E-state index contributed by atoms with van der Waals surface area (Å²) in [7, 11) is 0. The summed E-state index contributed by atoms with van der Waals surface area (Å²) in [6.45, 7) is 1.75. The molecule has 2 aliphatic heterocycles. The number of aliphatic hydroxyl groups excluding tert-OH is 1. The van der Waals surface area contributed by atoms with E-state index in [2.05, 4.69) is 20.6 Å². The molecule has 2 aromatic heterocycles. The van der Waals surface area contributed by atoms with Gasteiger partial charge >= 0.3 is 0 Å². The summed E-state index contributed by atoms with van der Waals surface area (Å²) < 4.78 is 11.6. The standard InChI is InChI=1S/C24H23N5O4/c1-24(13-30)11-16-8-18(17(10-20(16)33-24)14-2-5-26-6-3-14)28-22(31)19-12-32-23(29-19)15-4-7-27-21(25)9-15/h2-10,12,23,29-30H,11,13H2,1H3,(H2,25,27)(H,28,31). The minimum atomic E-state index is -0.691. The SMILES string of the molecule is CC1(CO)Cc2cc(NC(=O)C3=COC(c4ccnc(N)c4)N3)c(-c3ccncc3)cc2O1. The summed E-state index contributed by atoms with van der Waals surface area (Å²) in [5.41, 5.74) is 9.29. The Kier molecular flexibility index (Phi) is 5.10. The lowest BCUT2D eigenvalue weighted by molar-refractivity contribution is -0.113. The molecule has 2 atom stereocenters. The highest BCUT2D eigenvalue weighted by atomic mass is 16.5. The first-order valence-corrected chi connectivity index (χ1v) is 10.5. The van der Waals surface area contributed by atoms with E-state index in [0.29, 0.717) is 23.7 Å². The third kappa shape index (κ3) is 4.06. The van der Waals surface area contributed by atoms with Gasteiger partial charge in [-0.05, 0) is 48.9 Å². The molecule has 0 bridgehead atoms. The molecule has 5 N–H and O–H groups in total. The van der Waals surface area contributed by atoms with Crippen LogP contribution in [-0.4, -0.2) is 33.2 Å². The van der Waals surface area contributed by atoms with Crippen molar-refractivity contribution in [2.75, 3.05) is 17.7 Å². The van der Waals surface area contributed by atoms with Gasteiger partial charge in [0.1, 0.15) is 29.1 Å². The predicted octanol–water partition coefficient (Wildman–Crippen LogP) is 2.51. The number of nitrogens with two attached hydrogens (primary N) is 1. The molecule has 168 valence electrons. The maximum Gasteiger partial charge on any atom is 0.275 e. The van der Waals surface area contributed by atoms with Gasteiger partial charge in [0.25, 0.3) is 5.91 Å². The fourth-order valence-electron chi connectivity index (χ4n) is 3.97. The quantitative estimate of drug-likeness (QED) is 0.471. The summed E-state index contributed by atoms with van der Waals surface area (Å²) in [5.74, 6) is 0.708. The van der Waals surface area contributed by atoms with Crippen LogP contribution in [0.15, 0.2) is 66.9 Å². The van der Waals surface area contributed by atoms with Crippen LogP contribution in [0.2, 0.25) is 0 Å². The van der Waals surface area contributed by atoms with Crippen LogP contribution in [0, 0.1) is 0 Å². The zero-order valence-electron chi connectivity index (χ0n) is 17.9. The number of nitrogens with one attached hydrogen (secondary N) is 2. The number of benzene rings is 1. The van der Waals surface area contributed by atoms with E-state index < -0.39 is 11.8 Å². The van der Waals surface area contributed by atoms with E-state index in [1.54, 1.807) is 30.7 Å². The van der Waals surface area contributed by atoms with E-state index in [1.165, 1.54) is 6.26 Å². The molecule has 1 amide bonds. The molecular weight excluding hydrogens is 422 g/mol. The maximum absolute atomic E-state index is 13.1. The molecule has 2 unspecified atom stereocenters. The van der Waals surface area contributed by atoms with Crippen molar-refractivity contribution < 1.29 is 19.4 Å². The lowest BCUT2D eigenvalue weighted by Crippen LogP contribution is -2.34. The first-order valence-electron chi connectivity index (χ1n) is 10.5. The number of ether oxygens (including phenoxy) is 2. The van der Waals surface area contributed by atoms with Gasteiger partial charge in [0, 0.05) is 47.4 Å². The van der Waals surface area contributed by atoms with Crippen molar-refractivity contribution in [3.63, 3.8) is 0 Å². The number of pyridine rings is 2.